The van der Waals surface area contributed by atoms with Crippen LogP contribution >= 0.6 is 21.6 Å². The quantitative estimate of drug-likeness (QED) is 0.242. The zero-order valence-corrected chi connectivity index (χ0v) is 22.4. The van der Waals surface area contributed by atoms with Gasteiger partial charge in [-0.2, -0.15) is 0 Å². The molecular formula is C24H39N3O6S2. The van der Waals surface area contributed by atoms with E-state index >= 15 is 0 Å². The van der Waals surface area contributed by atoms with Crippen LogP contribution in [0.15, 0.2) is 12.2 Å². The number of aliphatic hydroxyl groups excluding tert-OH is 1. The van der Waals surface area contributed by atoms with Crippen LogP contribution in [0.5, 0.6) is 0 Å². The Kier molecular flexibility index (Phi) is 13.0. The van der Waals surface area contributed by atoms with Crippen molar-refractivity contribution in [3.05, 3.63) is 12.2 Å². The lowest BCUT2D eigenvalue weighted by atomic mass is 9.92. The third-order valence-corrected chi connectivity index (χ3v) is 8.64. The molecule has 0 saturated carbocycles. The van der Waals surface area contributed by atoms with Crippen molar-refractivity contribution >= 4 is 45.3 Å². The molecule has 2 bridgehead atoms. The maximum absolute atomic E-state index is 13.3. The topological polar surface area (TPSA) is 134 Å². The molecule has 0 aromatic rings. The second-order valence-corrected chi connectivity index (χ2v) is 11.7. The van der Waals surface area contributed by atoms with Crippen LogP contribution in [0.4, 0.5) is 0 Å². The number of hydrogen-bond acceptors (Lipinski definition) is 8. The second kappa shape index (κ2) is 15.4. The van der Waals surface area contributed by atoms with E-state index in [1.165, 1.54) is 10.8 Å². The Morgan fingerprint density at radius 3 is 2.57 bits per heavy atom. The van der Waals surface area contributed by atoms with Gasteiger partial charge in [-0.15, -0.1) is 0 Å². The number of fused-ring (bicyclic) bond motifs is 7. The Morgan fingerprint density at radius 2 is 1.86 bits per heavy atom. The van der Waals surface area contributed by atoms with E-state index in [9.17, 15) is 24.3 Å². The minimum Gasteiger partial charge on any atom is -0.457 e. The molecule has 0 aromatic carbocycles. The summed E-state index contributed by atoms with van der Waals surface area (Å²) in [6.07, 6.45) is 4.47. The zero-order valence-electron chi connectivity index (χ0n) is 20.8. The molecular weight excluding hydrogens is 490 g/mol. The van der Waals surface area contributed by atoms with E-state index in [4.69, 9.17) is 4.74 Å². The first-order valence-electron chi connectivity index (χ1n) is 12.4. The van der Waals surface area contributed by atoms with E-state index in [0.717, 1.165) is 18.6 Å². The molecule has 4 N–H and O–H groups in total. The average molecular weight is 530 g/mol. The third-order valence-electron chi connectivity index (χ3n) is 6.19. The van der Waals surface area contributed by atoms with Gasteiger partial charge >= 0.3 is 5.97 Å². The third kappa shape index (κ3) is 10.0. The van der Waals surface area contributed by atoms with Crippen LogP contribution in [-0.2, 0) is 23.9 Å². The highest BCUT2D eigenvalue weighted by Gasteiger charge is 2.34. The highest BCUT2D eigenvalue weighted by molar-refractivity contribution is 8.76. The fraction of sp³-hybridized carbons (Fsp3) is 0.750. The molecule has 0 aromatic heterocycles. The Labute approximate surface area is 215 Å². The average Bonchev–Trinajstić information content (AvgIpc) is 2.81. The number of amides is 3. The molecule has 2 aliphatic rings. The van der Waals surface area contributed by atoms with Crippen molar-refractivity contribution in [1.29, 1.82) is 0 Å². The molecule has 3 amide bonds. The maximum atomic E-state index is 13.3. The van der Waals surface area contributed by atoms with E-state index in [-0.39, 0.29) is 18.8 Å². The molecule has 0 spiro atoms. The number of esters is 1. The molecule has 1 unspecified atom stereocenters. The Balaban J connectivity index is 2.46. The minimum absolute atomic E-state index is 0.120. The lowest BCUT2D eigenvalue weighted by Crippen LogP contribution is -2.58. The van der Waals surface area contributed by atoms with Crippen molar-refractivity contribution in [2.75, 3.05) is 11.5 Å². The highest BCUT2D eigenvalue weighted by atomic mass is 33.1. The van der Waals surface area contributed by atoms with E-state index in [1.54, 1.807) is 16.9 Å². The molecule has 1 fully saturated rings. The number of ether oxygens (including phenoxy) is 1. The number of allylic oxidation sites excluding steroid dienone is 1. The van der Waals surface area contributed by atoms with Gasteiger partial charge in [0.1, 0.15) is 18.2 Å². The molecule has 0 aliphatic carbocycles. The highest BCUT2D eigenvalue weighted by Crippen LogP contribution is 2.24. The van der Waals surface area contributed by atoms with Gasteiger partial charge in [-0.1, -0.05) is 67.7 Å². The van der Waals surface area contributed by atoms with Gasteiger partial charge in [-0.05, 0) is 24.8 Å². The Hall–Kier alpha value is -1.72. The first-order valence-corrected chi connectivity index (χ1v) is 14.9. The largest absolute Gasteiger partial charge is 0.457 e. The fourth-order valence-electron chi connectivity index (χ4n) is 3.91. The summed E-state index contributed by atoms with van der Waals surface area (Å²) in [5.74, 6) is -0.959. The van der Waals surface area contributed by atoms with Crippen molar-refractivity contribution in [3.63, 3.8) is 0 Å². The van der Waals surface area contributed by atoms with E-state index < -0.39 is 54.0 Å². The van der Waals surface area contributed by atoms with Crippen molar-refractivity contribution in [3.8, 4) is 0 Å². The SMILES string of the molecule is CCCC[C@H]1NC(=O)C[C@H]2/C=C/CCSSC[C@@H](NC1=O)C(=O)NC([C@H](C)CC)[C@@H](O)CC(=O)O2. The van der Waals surface area contributed by atoms with Crippen molar-refractivity contribution in [1.82, 2.24) is 16.0 Å². The number of unbranched alkanes of at least 4 members (excludes halogenated alkanes) is 1. The zero-order chi connectivity index (χ0) is 25.8. The van der Waals surface area contributed by atoms with E-state index in [2.05, 4.69) is 16.0 Å². The summed E-state index contributed by atoms with van der Waals surface area (Å²) < 4.78 is 5.54. The normalized spacial score (nSPS) is 31.5. The molecule has 2 rings (SSSR count). The predicted octanol–water partition coefficient (Wildman–Crippen LogP) is 2.08. The van der Waals surface area contributed by atoms with Crippen molar-refractivity contribution in [2.45, 2.75) is 96.1 Å². The van der Waals surface area contributed by atoms with Crippen LogP contribution in [0.2, 0.25) is 0 Å². The van der Waals surface area contributed by atoms with Crippen molar-refractivity contribution in [2.24, 2.45) is 5.92 Å². The Bertz CT molecular complexity index is 766. The molecule has 1 saturated heterocycles. The Morgan fingerprint density at radius 1 is 1.09 bits per heavy atom. The summed E-state index contributed by atoms with van der Waals surface area (Å²) in [5.41, 5.74) is 0. The lowest BCUT2D eigenvalue weighted by molar-refractivity contribution is -0.151. The number of carbonyl (C=O) groups is 4. The van der Waals surface area contributed by atoms with E-state index in [1.807, 2.05) is 26.8 Å². The number of aliphatic hydroxyl groups is 1. The van der Waals surface area contributed by atoms with Gasteiger partial charge in [0.15, 0.2) is 0 Å². The minimum atomic E-state index is -1.17. The second-order valence-electron chi connectivity index (χ2n) is 9.07. The smallest absolute Gasteiger partial charge is 0.309 e. The first kappa shape index (κ1) is 29.5. The van der Waals surface area contributed by atoms with Crippen LogP contribution in [0.3, 0.4) is 0 Å². The summed E-state index contributed by atoms with van der Waals surface area (Å²) in [5, 5.41) is 19.3. The predicted molar refractivity (Wildman–Crippen MR) is 139 cm³/mol. The van der Waals surface area contributed by atoms with Gasteiger partial charge in [0.2, 0.25) is 17.7 Å². The van der Waals surface area contributed by atoms with Crippen LogP contribution in [0.25, 0.3) is 0 Å². The first-order chi connectivity index (χ1) is 16.7. The van der Waals surface area contributed by atoms with Crippen LogP contribution in [-0.4, -0.2) is 70.6 Å². The van der Waals surface area contributed by atoms with Gasteiger partial charge in [0.25, 0.3) is 0 Å². The lowest BCUT2D eigenvalue weighted by Gasteiger charge is -2.31. The molecule has 2 aliphatic heterocycles. The summed E-state index contributed by atoms with van der Waals surface area (Å²) in [7, 11) is 3.06. The molecule has 198 valence electrons. The number of carbonyl (C=O) groups excluding carboxylic acids is 4. The van der Waals surface area contributed by atoms with Gasteiger partial charge in [-0.3, -0.25) is 19.2 Å². The van der Waals surface area contributed by atoms with Crippen LogP contribution < -0.4 is 16.0 Å². The fourth-order valence-corrected chi connectivity index (χ4v) is 6.06. The van der Waals surface area contributed by atoms with Gasteiger partial charge < -0.3 is 25.8 Å². The van der Waals surface area contributed by atoms with Crippen LogP contribution in [0, 0.1) is 5.92 Å². The molecule has 11 heteroatoms. The van der Waals surface area contributed by atoms with Crippen molar-refractivity contribution < 1.29 is 29.0 Å². The maximum Gasteiger partial charge on any atom is 0.309 e. The van der Waals surface area contributed by atoms with Gasteiger partial charge in [0.05, 0.1) is 25.0 Å². The molecule has 0 radical (unpaired) electrons. The van der Waals surface area contributed by atoms with Gasteiger partial charge in [0, 0.05) is 11.5 Å². The number of hydrogen-bond donors (Lipinski definition) is 4. The molecule has 2 heterocycles. The van der Waals surface area contributed by atoms with Crippen LogP contribution in [0.1, 0.15) is 65.7 Å². The summed E-state index contributed by atoms with van der Waals surface area (Å²) >= 11 is 0. The molecule has 6 atom stereocenters. The summed E-state index contributed by atoms with van der Waals surface area (Å²) in [4.78, 5) is 51.9. The number of rotatable bonds is 5. The van der Waals surface area contributed by atoms with Gasteiger partial charge in [-0.25, -0.2) is 0 Å². The number of nitrogens with one attached hydrogen (secondary N) is 3. The molecule has 9 nitrogen and oxygen atoms in total. The standard InChI is InChI=1S/C24H39N3O6S2/c1-4-6-10-17-23(31)26-18-14-35-34-11-8-7-9-16(12-20(29)25-17)33-21(30)13-19(28)22(15(3)5-2)27-24(18)32/h7,9,15-19,22,28H,4-6,8,10-14H2,1-3H3,(H,25,29)(H,26,31)(H,27,32)/b9-7+/t15-,16-,17-,18-,19+,22?/m1/s1. The summed E-state index contributed by atoms with van der Waals surface area (Å²) in [6.45, 7) is 5.82. The van der Waals surface area contributed by atoms with E-state index in [0.29, 0.717) is 25.0 Å². The molecule has 35 heavy (non-hydrogen) atoms. The monoisotopic (exact) mass is 529 g/mol. The summed E-state index contributed by atoms with van der Waals surface area (Å²) in [6, 6.07) is -2.35.